The topological polar surface area (TPSA) is 86.8 Å². The van der Waals surface area contributed by atoms with E-state index in [0.29, 0.717) is 11.6 Å². The molecule has 10 heteroatoms. The van der Waals surface area contributed by atoms with Crippen LogP contribution in [0.4, 0.5) is 5.69 Å². The summed E-state index contributed by atoms with van der Waals surface area (Å²) in [4.78, 5) is 29.1. The van der Waals surface area contributed by atoms with Gasteiger partial charge in [0, 0.05) is 24.5 Å². The lowest BCUT2D eigenvalue weighted by atomic mass is 10.0. The van der Waals surface area contributed by atoms with Gasteiger partial charge in [-0.2, -0.15) is 0 Å². The van der Waals surface area contributed by atoms with Crippen LogP contribution >= 0.6 is 23.2 Å². The van der Waals surface area contributed by atoms with Crippen LogP contribution in [0.1, 0.15) is 30.5 Å². The number of amides is 2. The van der Waals surface area contributed by atoms with E-state index in [0.717, 1.165) is 27.3 Å². The van der Waals surface area contributed by atoms with E-state index in [9.17, 15) is 18.0 Å². The van der Waals surface area contributed by atoms with Gasteiger partial charge in [0.15, 0.2) is 0 Å². The highest BCUT2D eigenvalue weighted by Crippen LogP contribution is 2.30. The Hall–Kier alpha value is -3.07. The molecule has 3 aromatic carbocycles. The van der Waals surface area contributed by atoms with Gasteiger partial charge in [0.25, 0.3) is 0 Å². The number of benzene rings is 3. The number of aryl methyl sites for hydroxylation is 1. The molecule has 3 aromatic rings. The minimum atomic E-state index is -3.93. The molecule has 3 rings (SSSR count). The lowest BCUT2D eigenvalue weighted by Gasteiger charge is -2.34. The maximum Gasteiger partial charge on any atom is 0.244 e. The molecule has 0 aliphatic carbocycles. The first-order chi connectivity index (χ1) is 18.8. The van der Waals surface area contributed by atoms with Crippen LogP contribution in [-0.4, -0.2) is 50.5 Å². The van der Waals surface area contributed by atoms with Gasteiger partial charge >= 0.3 is 0 Å². The number of halogens is 2. The Bertz CT molecular complexity index is 1410. The third kappa shape index (κ3) is 8.98. The van der Waals surface area contributed by atoms with E-state index in [1.165, 1.54) is 23.1 Å². The van der Waals surface area contributed by atoms with Gasteiger partial charge in [-0.15, -0.1) is 0 Å². The summed E-state index contributed by atoms with van der Waals surface area (Å²) in [5, 5.41) is 3.38. The molecule has 0 saturated heterocycles. The molecule has 0 saturated carbocycles. The SMILES string of the molecule is Cc1ccc(CN(C(=O)CN(c2ccc(Cl)cc2Cl)S(C)(=O)=O)[C@H](Cc2ccccc2)C(=O)NCC(C)C)cc1. The average Bonchev–Trinajstić information content (AvgIpc) is 2.89. The molecule has 0 heterocycles. The summed E-state index contributed by atoms with van der Waals surface area (Å²) in [6.45, 7) is 5.94. The van der Waals surface area contributed by atoms with Crippen molar-refractivity contribution in [3.05, 3.63) is 99.5 Å². The lowest BCUT2D eigenvalue weighted by molar-refractivity contribution is -0.140. The Morgan fingerprint density at radius 2 is 1.57 bits per heavy atom. The van der Waals surface area contributed by atoms with Crippen molar-refractivity contribution < 1.29 is 18.0 Å². The van der Waals surface area contributed by atoms with Gasteiger partial charge in [0.05, 0.1) is 17.0 Å². The zero-order valence-corrected chi connectivity index (χ0v) is 25.4. The maximum atomic E-state index is 14.1. The molecule has 1 atom stereocenters. The Balaban J connectivity index is 2.06. The van der Waals surface area contributed by atoms with Crippen LogP contribution < -0.4 is 9.62 Å². The number of anilines is 1. The molecule has 0 bridgehead atoms. The molecular weight excluding hydrogens is 569 g/mol. The van der Waals surface area contributed by atoms with E-state index in [1.54, 1.807) is 0 Å². The second kappa shape index (κ2) is 14.0. The monoisotopic (exact) mass is 603 g/mol. The number of hydrogen-bond acceptors (Lipinski definition) is 4. The molecule has 7 nitrogen and oxygen atoms in total. The Labute approximate surface area is 247 Å². The fraction of sp³-hybridized carbons (Fsp3) is 0.333. The van der Waals surface area contributed by atoms with Crippen LogP contribution in [0.3, 0.4) is 0 Å². The first kappa shape index (κ1) is 31.5. The minimum Gasteiger partial charge on any atom is -0.354 e. The quantitative estimate of drug-likeness (QED) is 0.297. The highest BCUT2D eigenvalue weighted by Gasteiger charge is 2.33. The van der Waals surface area contributed by atoms with E-state index >= 15 is 0 Å². The van der Waals surface area contributed by atoms with Gasteiger partial charge in [-0.3, -0.25) is 13.9 Å². The van der Waals surface area contributed by atoms with Crippen molar-refractivity contribution in [1.82, 2.24) is 10.2 Å². The lowest BCUT2D eigenvalue weighted by Crippen LogP contribution is -2.53. The van der Waals surface area contributed by atoms with E-state index in [2.05, 4.69) is 5.32 Å². The third-order valence-corrected chi connectivity index (χ3v) is 7.95. The van der Waals surface area contributed by atoms with Gasteiger partial charge in [0.1, 0.15) is 12.6 Å². The molecule has 0 aliphatic heterocycles. The predicted molar refractivity (Wildman–Crippen MR) is 162 cm³/mol. The number of rotatable bonds is 12. The van der Waals surface area contributed by atoms with Gasteiger partial charge in [0.2, 0.25) is 21.8 Å². The number of carbonyl (C=O) groups excluding carboxylic acids is 2. The summed E-state index contributed by atoms with van der Waals surface area (Å²) in [6.07, 6.45) is 1.26. The summed E-state index contributed by atoms with van der Waals surface area (Å²) < 4.78 is 26.7. The normalized spacial score (nSPS) is 12.2. The van der Waals surface area contributed by atoms with Crippen LogP contribution in [0.5, 0.6) is 0 Å². The Kier molecular flexibility index (Phi) is 11.0. The molecule has 0 aromatic heterocycles. The van der Waals surface area contributed by atoms with Crippen molar-refractivity contribution in [2.45, 2.75) is 39.8 Å². The maximum absolute atomic E-state index is 14.1. The number of nitrogens with one attached hydrogen (secondary N) is 1. The zero-order chi connectivity index (χ0) is 29.4. The smallest absolute Gasteiger partial charge is 0.244 e. The fourth-order valence-electron chi connectivity index (χ4n) is 4.14. The van der Waals surface area contributed by atoms with Crippen LogP contribution in [0.2, 0.25) is 10.0 Å². The molecule has 2 amide bonds. The third-order valence-electron chi connectivity index (χ3n) is 6.29. The van der Waals surface area contributed by atoms with Crippen molar-refractivity contribution in [1.29, 1.82) is 0 Å². The first-order valence-corrected chi connectivity index (χ1v) is 15.5. The number of nitrogens with zero attached hydrogens (tertiary/aromatic N) is 2. The number of hydrogen-bond donors (Lipinski definition) is 1. The Morgan fingerprint density at radius 1 is 0.925 bits per heavy atom. The van der Waals surface area contributed by atoms with Crippen LogP contribution in [0, 0.1) is 12.8 Å². The van der Waals surface area contributed by atoms with E-state index in [1.807, 2.05) is 75.4 Å². The van der Waals surface area contributed by atoms with Crippen molar-refractivity contribution in [2.75, 3.05) is 23.7 Å². The highest BCUT2D eigenvalue weighted by molar-refractivity contribution is 7.92. The molecule has 1 N–H and O–H groups in total. The summed E-state index contributed by atoms with van der Waals surface area (Å²) in [5.74, 6) is -0.651. The van der Waals surface area contributed by atoms with E-state index < -0.39 is 28.5 Å². The Morgan fingerprint density at radius 3 is 2.15 bits per heavy atom. The van der Waals surface area contributed by atoms with Gasteiger partial charge in [-0.25, -0.2) is 8.42 Å². The van der Waals surface area contributed by atoms with Gasteiger partial charge in [-0.05, 0) is 42.2 Å². The molecule has 40 heavy (non-hydrogen) atoms. The van der Waals surface area contributed by atoms with E-state index in [-0.39, 0.29) is 35.5 Å². The van der Waals surface area contributed by atoms with Crippen molar-refractivity contribution in [3.8, 4) is 0 Å². The number of carbonyl (C=O) groups is 2. The summed E-state index contributed by atoms with van der Waals surface area (Å²) in [5.41, 5.74) is 2.86. The first-order valence-electron chi connectivity index (χ1n) is 12.9. The number of sulfonamides is 1. The molecular formula is C30H35Cl2N3O4S. The van der Waals surface area contributed by atoms with Crippen LogP contribution in [0.25, 0.3) is 0 Å². The standard InChI is InChI=1S/C30H35Cl2N3O4S/c1-21(2)18-33-30(37)28(16-23-8-6-5-7-9-23)34(19-24-12-10-22(3)11-13-24)29(36)20-35(40(4,38)39)27-15-14-25(31)17-26(27)32/h5-15,17,21,28H,16,18-20H2,1-4H3,(H,33,37)/t28-/m1/s1. The van der Waals surface area contributed by atoms with Gasteiger partial charge < -0.3 is 10.2 Å². The second-order valence-electron chi connectivity index (χ2n) is 10.2. The molecule has 214 valence electrons. The summed E-state index contributed by atoms with van der Waals surface area (Å²) in [7, 11) is -3.93. The van der Waals surface area contributed by atoms with Crippen molar-refractivity contribution >= 4 is 50.7 Å². The zero-order valence-electron chi connectivity index (χ0n) is 23.1. The molecule has 0 fully saturated rings. The summed E-state index contributed by atoms with van der Waals surface area (Å²) >= 11 is 12.4. The largest absolute Gasteiger partial charge is 0.354 e. The summed E-state index contributed by atoms with van der Waals surface area (Å²) in [6, 6.07) is 20.6. The minimum absolute atomic E-state index is 0.0892. The molecule has 0 radical (unpaired) electrons. The molecule has 0 aliphatic rings. The second-order valence-corrected chi connectivity index (χ2v) is 13.0. The van der Waals surface area contributed by atoms with Crippen LogP contribution in [-0.2, 0) is 32.6 Å². The predicted octanol–water partition coefficient (Wildman–Crippen LogP) is 5.48. The van der Waals surface area contributed by atoms with Gasteiger partial charge in [-0.1, -0.05) is 97.2 Å². The van der Waals surface area contributed by atoms with Crippen molar-refractivity contribution in [2.24, 2.45) is 5.92 Å². The molecule has 0 spiro atoms. The fourth-order valence-corrected chi connectivity index (χ4v) is 5.57. The average molecular weight is 605 g/mol. The van der Waals surface area contributed by atoms with Crippen molar-refractivity contribution in [3.63, 3.8) is 0 Å². The van der Waals surface area contributed by atoms with Crippen LogP contribution in [0.15, 0.2) is 72.8 Å². The van der Waals surface area contributed by atoms with E-state index in [4.69, 9.17) is 23.2 Å². The highest BCUT2D eigenvalue weighted by atomic mass is 35.5. The molecule has 0 unspecified atom stereocenters.